The molecule has 1 rings (SSSR count). The van der Waals surface area contributed by atoms with E-state index in [0.717, 1.165) is 0 Å². The monoisotopic (exact) mass is 205 g/mol. The van der Waals surface area contributed by atoms with E-state index in [4.69, 9.17) is 5.11 Å². The molecule has 1 aromatic rings. The molecule has 0 aromatic carbocycles. The Labute approximate surface area is 80.6 Å². The second-order valence-corrected chi connectivity index (χ2v) is 2.66. The molecule has 0 aliphatic carbocycles. The van der Waals surface area contributed by atoms with E-state index < -0.39 is 5.97 Å². The van der Waals surface area contributed by atoms with Crippen molar-refractivity contribution in [3.63, 3.8) is 0 Å². The Bertz CT molecular complexity index is 280. The average Bonchev–Trinajstić information content (AvgIpc) is 2.04. The van der Waals surface area contributed by atoms with Crippen LogP contribution in [0.5, 0.6) is 0 Å². The van der Waals surface area contributed by atoms with Crippen molar-refractivity contribution in [3.05, 3.63) is 23.9 Å². The van der Waals surface area contributed by atoms with Crippen molar-refractivity contribution < 1.29 is 9.90 Å². The molecule has 0 saturated carbocycles. The quantitative estimate of drug-likeness (QED) is 0.750. The lowest BCUT2D eigenvalue weighted by atomic mass is 10.3. The van der Waals surface area contributed by atoms with Crippen LogP contribution < -0.4 is 0 Å². The lowest BCUT2D eigenvalue weighted by Gasteiger charge is -1.98. The van der Waals surface area contributed by atoms with Gasteiger partial charge in [0.1, 0.15) is 5.03 Å². The lowest BCUT2D eigenvalue weighted by molar-refractivity contribution is 0.0692. The van der Waals surface area contributed by atoms with E-state index in [2.05, 4.69) is 4.98 Å². The van der Waals surface area contributed by atoms with Crippen molar-refractivity contribution in [3.8, 4) is 0 Å². The van der Waals surface area contributed by atoms with Crippen molar-refractivity contribution >= 4 is 30.1 Å². The molecule has 5 heteroatoms. The molecule has 0 amide bonds. The summed E-state index contributed by atoms with van der Waals surface area (Å²) in [6, 6.07) is 3.16. The summed E-state index contributed by atoms with van der Waals surface area (Å²) in [5.41, 5.74) is 0.264. The number of thioether (sulfide) groups is 1. The summed E-state index contributed by atoms with van der Waals surface area (Å²) >= 11 is 1.33. The summed E-state index contributed by atoms with van der Waals surface area (Å²) in [5.74, 6) is -0.928. The average molecular weight is 206 g/mol. The highest BCUT2D eigenvalue weighted by atomic mass is 35.5. The molecule has 0 bridgehead atoms. The zero-order valence-corrected chi connectivity index (χ0v) is 7.98. The van der Waals surface area contributed by atoms with Crippen LogP contribution in [0.25, 0.3) is 0 Å². The van der Waals surface area contributed by atoms with Crippen LogP contribution in [0.2, 0.25) is 0 Å². The van der Waals surface area contributed by atoms with Crippen LogP contribution in [-0.4, -0.2) is 22.3 Å². The number of hydrogen-bond donors (Lipinski definition) is 1. The molecule has 0 saturated heterocycles. The Morgan fingerprint density at radius 2 is 2.33 bits per heavy atom. The van der Waals surface area contributed by atoms with Gasteiger partial charge in [-0.2, -0.15) is 0 Å². The maximum atomic E-state index is 10.5. The number of aromatic nitrogens is 1. The highest BCUT2D eigenvalue weighted by molar-refractivity contribution is 7.98. The molecular formula is C7H8ClNO2S. The molecule has 1 heterocycles. The van der Waals surface area contributed by atoms with Crippen LogP contribution in [0.4, 0.5) is 0 Å². The van der Waals surface area contributed by atoms with E-state index in [1.165, 1.54) is 11.8 Å². The van der Waals surface area contributed by atoms with Gasteiger partial charge in [0.15, 0.2) is 0 Å². The minimum Gasteiger partial charge on any atom is -0.478 e. The standard InChI is InChI=1S/C7H7NO2S.ClH/c1-11-6-5(7(9)10)3-2-4-8-6;/h2-4H,1H3,(H,9,10);1H. The largest absolute Gasteiger partial charge is 0.478 e. The van der Waals surface area contributed by atoms with Crippen molar-refractivity contribution in [2.75, 3.05) is 6.26 Å². The summed E-state index contributed by atoms with van der Waals surface area (Å²) in [6.45, 7) is 0. The van der Waals surface area contributed by atoms with E-state index in [9.17, 15) is 4.79 Å². The first-order chi connectivity index (χ1) is 5.25. The van der Waals surface area contributed by atoms with Gasteiger partial charge >= 0.3 is 5.97 Å². The molecule has 0 fully saturated rings. The fraction of sp³-hybridized carbons (Fsp3) is 0.143. The minimum atomic E-state index is -0.928. The van der Waals surface area contributed by atoms with Crippen LogP contribution in [0.1, 0.15) is 10.4 Å². The number of carboxylic acid groups (broad SMARTS) is 1. The third-order valence-corrected chi connectivity index (χ3v) is 1.91. The molecule has 0 aliphatic heterocycles. The van der Waals surface area contributed by atoms with Crippen LogP contribution in [0.15, 0.2) is 23.4 Å². The Kier molecular flexibility index (Phi) is 4.70. The number of aromatic carboxylic acids is 1. The number of carboxylic acids is 1. The molecule has 0 radical (unpaired) electrons. The first-order valence-electron chi connectivity index (χ1n) is 2.98. The van der Waals surface area contributed by atoms with Crippen LogP contribution in [0, 0.1) is 0 Å². The SMILES string of the molecule is CSc1ncccc1C(=O)O.Cl. The third kappa shape index (κ3) is 2.39. The number of rotatable bonds is 2. The second-order valence-electron chi connectivity index (χ2n) is 1.87. The molecule has 0 spiro atoms. The van der Waals surface area contributed by atoms with Gasteiger partial charge < -0.3 is 5.11 Å². The van der Waals surface area contributed by atoms with Crippen LogP contribution >= 0.6 is 24.2 Å². The van der Waals surface area contributed by atoms with E-state index >= 15 is 0 Å². The highest BCUT2D eigenvalue weighted by Gasteiger charge is 2.07. The minimum absolute atomic E-state index is 0. The van der Waals surface area contributed by atoms with Gasteiger partial charge in [-0.3, -0.25) is 0 Å². The summed E-state index contributed by atoms with van der Waals surface area (Å²) in [7, 11) is 0. The fourth-order valence-electron chi connectivity index (χ4n) is 0.716. The first-order valence-corrected chi connectivity index (χ1v) is 4.20. The Balaban J connectivity index is 0.00000121. The van der Waals surface area contributed by atoms with Crippen molar-refractivity contribution in [2.24, 2.45) is 0 Å². The molecule has 0 atom stereocenters. The molecule has 0 aliphatic rings. The summed E-state index contributed by atoms with van der Waals surface area (Å²) < 4.78 is 0. The molecule has 66 valence electrons. The fourth-order valence-corrected chi connectivity index (χ4v) is 1.26. The van der Waals surface area contributed by atoms with Gasteiger partial charge in [0, 0.05) is 6.20 Å². The Hall–Kier alpha value is -0.740. The van der Waals surface area contributed by atoms with Gasteiger partial charge in [0.2, 0.25) is 0 Å². The topological polar surface area (TPSA) is 50.2 Å². The van der Waals surface area contributed by atoms with Gasteiger partial charge in [-0.15, -0.1) is 24.2 Å². The van der Waals surface area contributed by atoms with Gasteiger partial charge in [-0.1, -0.05) is 0 Å². The first kappa shape index (κ1) is 11.3. The molecule has 3 nitrogen and oxygen atoms in total. The van der Waals surface area contributed by atoms with E-state index in [-0.39, 0.29) is 18.0 Å². The number of nitrogens with zero attached hydrogens (tertiary/aromatic N) is 1. The maximum absolute atomic E-state index is 10.5. The van der Waals surface area contributed by atoms with E-state index in [0.29, 0.717) is 5.03 Å². The Morgan fingerprint density at radius 1 is 1.67 bits per heavy atom. The number of carbonyl (C=O) groups is 1. The maximum Gasteiger partial charge on any atom is 0.338 e. The smallest absolute Gasteiger partial charge is 0.338 e. The summed E-state index contributed by atoms with van der Waals surface area (Å²) in [5, 5.41) is 9.20. The molecule has 0 unspecified atom stereocenters. The second kappa shape index (κ2) is 5.00. The summed E-state index contributed by atoms with van der Waals surface area (Å²) in [6.07, 6.45) is 3.38. The van der Waals surface area contributed by atoms with E-state index in [1.807, 2.05) is 0 Å². The Morgan fingerprint density at radius 3 is 2.75 bits per heavy atom. The van der Waals surface area contributed by atoms with Crippen molar-refractivity contribution in [2.45, 2.75) is 5.03 Å². The number of pyridine rings is 1. The van der Waals surface area contributed by atoms with Gasteiger partial charge in [-0.25, -0.2) is 9.78 Å². The van der Waals surface area contributed by atoms with Crippen molar-refractivity contribution in [1.29, 1.82) is 0 Å². The summed E-state index contributed by atoms with van der Waals surface area (Å²) in [4.78, 5) is 14.4. The van der Waals surface area contributed by atoms with E-state index in [1.54, 1.807) is 24.6 Å². The number of hydrogen-bond acceptors (Lipinski definition) is 3. The van der Waals surface area contributed by atoms with Gasteiger partial charge in [-0.05, 0) is 18.4 Å². The van der Waals surface area contributed by atoms with Crippen LogP contribution in [0.3, 0.4) is 0 Å². The van der Waals surface area contributed by atoms with Crippen molar-refractivity contribution in [1.82, 2.24) is 4.98 Å². The highest BCUT2D eigenvalue weighted by Crippen LogP contribution is 2.15. The molecule has 1 N–H and O–H groups in total. The molecule has 1 aromatic heterocycles. The zero-order valence-electron chi connectivity index (χ0n) is 6.35. The predicted octanol–water partition coefficient (Wildman–Crippen LogP) is 1.92. The van der Waals surface area contributed by atoms with Gasteiger partial charge in [0.25, 0.3) is 0 Å². The normalized spacial score (nSPS) is 8.75. The molecule has 12 heavy (non-hydrogen) atoms. The third-order valence-electron chi connectivity index (χ3n) is 1.19. The zero-order chi connectivity index (χ0) is 8.27. The van der Waals surface area contributed by atoms with Crippen LogP contribution in [-0.2, 0) is 0 Å². The van der Waals surface area contributed by atoms with Gasteiger partial charge in [0.05, 0.1) is 5.56 Å². The lowest BCUT2D eigenvalue weighted by Crippen LogP contribution is -1.99. The predicted molar refractivity (Wildman–Crippen MR) is 50.2 cm³/mol. The number of halogens is 1. The molecular weight excluding hydrogens is 198 g/mol.